The maximum Gasteiger partial charge on any atom is 0.176 e. The van der Waals surface area contributed by atoms with Gasteiger partial charge in [-0.1, -0.05) is 0 Å². The summed E-state index contributed by atoms with van der Waals surface area (Å²) in [6.45, 7) is 1.89. The molecule has 0 fully saturated rings. The first-order chi connectivity index (χ1) is 4.24. The van der Waals surface area contributed by atoms with Crippen LogP contribution >= 0.6 is 0 Å². The Kier molecular flexibility index (Phi) is 1.64. The van der Waals surface area contributed by atoms with Crippen LogP contribution in [0.25, 0.3) is 0 Å². The lowest BCUT2D eigenvalue weighted by atomic mass is 10.5. The van der Waals surface area contributed by atoms with Crippen molar-refractivity contribution in [3.8, 4) is 0 Å². The molecule has 0 saturated carbocycles. The van der Waals surface area contributed by atoms with Gasteiger partial charge in [0.1, 0.15) is 5.70 Å². The van der Waals surface area contributed by atoms with E-state index in [2.05, 4.69) is 12.0 Å². The molecule has 1 atom stereocenters. The maximum absolute atomic E-state index is 8.59. The van der Waals surface area contributed by atoms with E-state index in [4.69, 9.17) is 5.11 Å². The molecular formula is C6H10N2O. The molecule has 0 spiro atoms. The van der Waals surface area contributed by atoms with E-state index in [9.17, 15) is 0 Å². The molecule has 9 heavy (non-hydrogen) atoms. The van der Waals surface area contributed by atoms with Crippen LogP contribution in [0.3, 0.4) is 0 Å². The number of aliphatic imine (C=N–C) groups is 1. The van der Waals surface area contributed by atoms with Gasteiger partial charge in [0.25, 0.3) is 0 Å². The lowest BCUT2D eigenvalue weighted by molar-refractivity contribution is -0.688. The van der Waals surface area contributed by atoms with Crippen LogP contribution in [-0.2, 0) is 0 Å². The van der Waals surface area contributed by atoms with Crippen molar-refractivity contribution in [1.82, 2.24) is 0 Å². The minimum Gasteiger partial charge on any atom is -0.394 e. The quantitative estimate of drug-likeness (QED) is 0.431. The van der Waals surface area contributed by atoms with Gasteiger partial charge in [-0.05, 0) is 0 Å². The monoisotopic (exact) mass is 126 g/mol. The molecule has 0 aromatic rings. The van der Waals surface area contributed by atoms with Crippen LogP contribution in [0, 0.1) is 7.05 Å². The Labute approximate surface area is 54.3 Å². The number of rotatable bonds is 1. The zero-order chi connectivity index (χ0) is 6.85. The van der Waals surface area contributed by atoms with Crippen molar-refractivity contribution in [3.05, 3.63) is 18.9 Å². The Balaban J connectivity index is 2.70. The average molecular weight is 126 g/mol. The van der Waals surface area contributed by atoms with Gasteiger partial charge in [0.2, 0.25) is 0 Å². The minimum atomic E-state index is 0.0103. The van der Waals surface area contributed by atoms with Gasteiger partial charge in [-0.3, -0.25) is 0 Å². The number of quaternary nitrogens is 1. The maximum atomic E-state index is 8.59. The highest BCUT2D eigenvalue weighted by atomic mass is 16.3. The molecule has 1 aliphatic heterocycles. The van der Waals surface area contributed by atoms with Gasteiger partial charge >= 0.3 is 0 Å². The average Bonchev–Trinajstić information content (AvgIpc) is 2.13. The number of nitrogens with zero attached hydrogens (tertiary/aromatic N) is 1. The van der Waals surface area contributed by atoms with Gasteiger partial charge in [0, 0.05) is 6.92 Å². The first-order valence-corrected chi connectivity index (χ1v) is 2.80. The van der Waals surface area contributed by atoms with E-state index in [1.54, 1.807) is 6.20 Å². The molecule has 0 aliphatic carbocycles. The molecule has 0 radical (unpaired) electrons. The molecule has 0 amide bonds. The lowest BCUT2D eigenvalue weighted by Gasteiger charge is -2.06. The predicted octanol–water partition coefficient (Wildman–Crippen LogP) is -1.07. The van der Waals surface area contributed by atoms with Crippen molar-refractivity contribution in [2.45, 2.75) is 6.92 Å². The molecule has 0 aromatic carbocycles. The number of amidine groups is 1. The summed E-state index contributed by atoms with van der Waals surface area (Å²) in [5.74, 6) is 0.902. The van der Waals surface area contributed by atoms with Crippen molar-refractivity contribution in [3.63, 3.8) is 0 Å². The molecule has 0 bridgehead atoms. The highest BCUT2D eigenvalue weighted by Gasteiger charge is 2.08. The van der Waals surface area contributed by atoms with Crippen LogP contribution in [0.5, 0.6) is 0 Å². The smallest absolute Gasteiger partial charge is 0.176 e. The minimum absolute atomic E-state index is 0.0103. The molecule has 1 rings (SSSR count). The Morgan fingerprint density at radius 3 is 2.78 bits per heavy atom. The summed E-state index contributed by atoms with van der Waals surface area (Å²) in [6.07, 6.45) is 1.79. The van der Waals surface area contributed by atoms with Crippen LogP contribution in [0.2, 0.25) is 0 Å². The summed E-state index contributed by atoms with van der Waals surface area (Å²) in [5.41, 5.74) is 0.706. The van der Waals surface area contributed by atoms with Gasteiger partial charge in [0.05, 0.1) is 12.8 Å². The highest BCUT2D eigenvalue weighted by Crippen LogP contribution is 1.94. The first-order valence-electron chi connectivity index (χ1n) is 2.80. The zero-order valence-electron chi connectivity index (χ0n) is 5.39. The van der Waals surface area contributed by atoms with Crippen molar-refractivity contribution < 1.29 is 10.0 Å². The summed E-state index contributed by atoms with van der Waals surface area (Å²) >= 11 is 0. The molecular weight excluding hydrogens is 116 g/mol. The first kappa shape index (κ1) is 6.45. The molecule has 50 valence electrons. The Morgan fingerprint density at radius 2 is 2.56 bits per heavy atom. The summed E-state index contributed by atoms with van der Waals surface area (Å²) in [5, 5.41) is 8.59. The summed E-state index contributed by atoms with van der Waals surface area (Å²) in [6, 6.07) is 0. The molecule has 1 aliphatic rings. The van der Waals surface area contributed by atoms with E-state index in [1.807, 2.05) is 6.92 Å². The standard InChI is InChI=1S/C6H10N2O/c1-5-7-6(4-9)3-8(5)2/h3,8-9H,2,4H2,1H3. The predicted molar refractivity (Wildman–Crippen MR) is 34.6 cm³/mol. The van der Waals surface area contributed by atoms with Gasteiger partial charge < -0.3 is 10.0 Å². The lowest BCUT2D eigenvalue weighted by Crippen LogP contribution is -3.03. The third-order valence-electron chi connectivity index (χ3n) is 1.28. The van der Waals surface area contributed by atoms with E-state index in [1.165, 1.54) is 0 Å². The second-order valence-corrected chi connectivity index (χ2v) is 2.02. The fourth-order valence-corrected chi connectivity index (χ4v) is 0.706. The second-order valence-electron chi connectivity index (χ2n) is 2.02. The normalized spacial score (nSPS) is 25.9. The van der Waals surface area contributed by atoms with E-state index in [0.29, 0.717) is 5.70 Å². The van der Waals surface area contributed by atoms with E-state index < -0.39 is 0 Å². The third-order valence-corrected chi connectivity index (χ3v) is 1.28. The molecule has 0 saturated heterocycles. The van der Waals surface area contributed by atoms with E-state index >= 15 is 0 Å². The Morgan fingerprint density at radius 1 is 1.89 bits per heavy atom. The summed E-state index contributed by atoms with van der Waals surface area (Å²) in [7, 11) is 3.72. The highest BCUT2D eigenvalue weighted by molar-refractivity contribution is 5.73. The SMILES string of the molecule is [CH2-][NH+]1C=C(CO)N=C1C. The van der Waals surface area contributed by atoms with Gasteiger partial charge in [-0.2, -0.15) is 4.99 Å². The van der Waals surface area contributed by atoms with Crippen LogP contribution in [-0.4, -0.2) is 17.5 Å². The molecule has 1 heterocycles. The molecule has 3 nitrogen and oxygen atoms in total. The van der Waals surface area contributed by atoms with Gasteiger partial charge in [0.15, 0.2) is 5.84 Å². The molecule has 0 aromatic heterocycles. The van der Waals surface area contributed by atoms with E-state index in [0.717, 1.165) is 10.7 Å². The second kappa shape index (κ2) is 2.29. The summed E-state index contributed by atoms with van der Waals surface area (Å²) in [4.78, 5) is 4.92. The van der Waals surface area contributed by atoms with Crippen molar-refractivity contribution in [1.29, 1.82) is 0 Å². The summed E-state index contributed by atoms with van der Waals surface area (Å²) < 4.78 is 0. The van der Waals surface area contributed by atoms with Gasteiger partial charge in [-0.25, -0.2) is 0 Å². The third kappa shape index (κ3) is 1.17. The van der Waals surface area contributed by atoms with E-state index in [-0.39, 0.29) is 6.61 Å². The van der Waals surface area contributed by atoms with Crippen LogP contribution < -0.4 is 4.90 Å². The van der Waals surface area contributed by atoms with Gasteiger partial charge in [-0.15, -0.1) is 7.05 Å². The topological polar surface area (TPSA) is 37.0 Å². The fraction of sp³-hybridized carbons (Fsp3) is 0.333. The zero-order valence-corrected chi connectivity index (χ0v) is 5.39. The number of aliphatic hydroxyl groups is 1. The largest absolute Gasteiger partial charge is 0.394 e. The van der Waals surface area contributed by atoms with Crippen molar-refractivity contribution >= 4 is 5.84 Å². The van der Waals surface area contributed by atoms with Crippen molar-refractivity contribution in [2.24, 2.45) is 4.99 Å². The van der Waals surface area contributed by atoms with Crippen LogP contribution in [0.15, 0.2) is 16.9 Å². The molecule has 1 unspecified atom stereocenters. The van der Waals surface area contributed by atoms with Crippen molar-refractivity contribution in [2.75, 3.05) is 6.61 Å². The number of hydrogen-bond donors (Lipinski definition) is 2. The molecule has 3 heteroatoms. The Hall–Kier alpha value is -0.670. The fourth-order valence-electron chi connectivity index (χ4n) is 0.706. The Bertz CT molecular complexity index is 172. The molecule has 2 N–H and O–H groups in total. The number of aliphatic hydroxyl groups excluding tert-OH is 1. The van der Waals surface area contributed by atoms with Crippen LogP contribution in [0.4, 0.5) is 0 Å². The van der Waals surface area contributed by atoms with Crippen LogP contribution in [0.1, 0.15) is 6.92 Å². The number of hydrogen-bond acceptors (Lipinski definition) is 2. The number of nitrogens with one attached hydrogen (secondary N) is 1.